The van der Waals surface area contributed by atoms with Gasteiger partial charge >= 0.3 is 5.97 Å². The minimum Gasteiger partial charge on any atom is -0.478 e. The predicted molar refractivity (Wildman–Crippen MR) is 95.7 cm³/mol. The number of fused-ring (bicyclic) bond motifs is 1. The lowest BCUT2D eigenvalue weighted by Gasteiger charge is -2.15. The number of halogens is 2. The number of para-hydroxylation sites is 1. The Labute approximate surface area is 147 Å². The predicted octanol–water partition coefficient (Wildman–Crippen LogP) is 5.27. The second-order valence-electron chi connectivity index (χ2n) is 4.77. The quantitative estimate of drug-likeness (QED) is 0.553. The molecule has 116 valence electrons. The Morgan fingerprint density at radius 3 is 2.70 bits per heavy atom. The molecule has 0 unspecified atom stereocenters. The summed E-state index contributed by atoms with van der Waals surface area (Å²) in [6.45, 7) is 0. The fourth-order valence-corrected chi connectivity index (χ4v) is 2.87. The molecule has 0 saturated carbocycles. The molecule has 0 amide bonds. The van der Waals surface area contributed by atoms with Crippen LogP contribution in [-0.4, -0.2) is 16.1 Å². The van der Waals surface area contributed by atoms with Crippen LogP contribution in [0.3, 0.4) is 0 Å². The number of hydrogen-bond acceptors (Lipinski definition) is 4. The minimum atomic E-state index is -1.08. The van der Waals surface area contributed by atoms with Crippen molar-refractivity contribution in [3.8, 4) is 0 Å². The topological polar surface area (TPSA) is 62.2 Å². The monoisotopic (exact) mass is 364 g/mol. The number of anilines is 2. The van der Waals surface area contributed by atoms with Crippen molar-refractivity contribution in [1.29, 1.82) is 0 Å². The lowest BCUT2D eigenvalue weighted by Crippen LogP contribution is -2.04. The third kappa shape index (κ3) is 3.08. The number of aromatic carboxylic acids is 1. The lowest BCUT2D eigenvalue weighted by atomic mass is 10.1. The van der Waals surface area contributed by atoms with Gasteiger partial charge in [-0.2, -0.15) is 0 Å². The molecule has 1 aromatic heterocycles. The molecule has 0 atom stereocenters. The molecule has 3 rings (SSSR count). The molecule has 0 saturated heterocycles. The Balaban J connectivity index is 2.22. The maximum atomic E-state index is 11.4. The van der Waals surface area contributed by atoms with Crippen LogP contribution in [0.4, 0.5) is 11.4 Å². The highest BCUT2D eigenvalue weighted by molar-refractivity contribution is 7.80. The number of nitrogens with zero attached hydrogens (tertiary/aromatic N) is 1. The maximum Gasteiger partial charge on any atom is 0.337 e. The number of nitrogens with one attached hydrogen (secondary N) is 1. The number of thiol groups is 1. The van der Waals surface area contributed by atoms with Crippen LogP contribution >= 0.6 is 35.8 Å². The molecular formula is C16H10Cl2N2O2S. The SMILES string of the molecule is O=C(O)c1cccc(Cl)c1Nc1c(S)cnc2ccc(Cl)cc12. The van der Waals surface area contributed by atoms with Crippen LogP contribution in [0.15, 0.2) is 47.5 Å². The largest absolute Gasteiger partial charge is 0.478 e. The Hall–Kier alpha value is -1.95. The third-order valence-electron chi connectivity index (χ3n) is 3.30. The Bertz CT molecular complexity index is 926. The van der Waals surface area contributed by atoms with Crippen LogP contribution in [0.25, 0.3) is 10.9 Å². The molecule has 2 aromatic carbocycles. The molecule has 0 fully saturated rings. The zero-order chi connectivity index (χ0) is 16.6. The Kier molecular flexibility index (Phi) is 4.35. The highest BCUT2D eigenvalue weighted by Gasteiger charge is 2.16. The molecule has 0 radical (unpaired) electrons. The second kappa shape index (κ2) is 6.28. The van der Waals surface area contributed by atoms with Gasteiger partial charge in [-0.15, -0.1) is 12.6 Å². The fourth-order valence-electron chi connectivity index (χ4n) is 2.24. The van der Waals surface area contributed by atoms with Gasteiger partial charge in [0.05, 0.1) is 27.5 Å². The average Bonchev–Trinajstić information content (AvgIpc) is 2.51. The number of rotatable bonds is 3. The van der Waals surface area contributed by atoms with Gasteiger partial charge in [-0.3, -0.25) is 4.98 Å². The van der Waals surface area contributed by atoms with Crippen LogP contribution in [0.2, 0.25) is 10.0 Å². The summed E-state index contributed by atoms with van der Waals surface area (Å²) in [5, 5.41) is 14.0. The van der Waals surface area contributed by atoms with Gasteiger partial charge in [0.15, 0.2) is 0 Å². The van der Waals surface area contributed by atoms with Crippen molar-refractivity contribution in [2.24, 2.45) is 0 Å². The number of hydrogen-bond donors (Lipinski definition) is 3. The smallest absolute Gasteiger partial charge is 0.337 e. The molecule has 4 nitrogen and oxygen atoms in total. The standard InChI is InChI=1S/C16H10Cl2N2O2S/c17-8-4-5-12-10(6-8)15(13(23)7-19-12)20-14-9(16(21)22)2-1-3-11(14)18/h1-7,23H,(H,19,20)(H,21,22). The van der Waals surface area contributed by atoms with Gasteiger partial charge in [-0.25, -0.2) is 4.79 Å². The number of carbonyl (C=O) groups is 1. The van der Waals surface area contributed by atoms with Gasteiger partial charge in [0, 0.05) is 21.5 Å². The van der Waals surface area contributed by atoms with Crippen LogP contribution < -0.4 is 5.32 Å². The van der Waals surface area contributed by atoms with Crippen molar-refractivity contribution in [3.63, 3.8) is 0 Å². The van der Waals surface area contributed by atoms with Crippen molar-refractivity contribution >= 4 is 64.1 Å². The van der Waals surface area contributed by atoms with Crippen molar-refractivity contribution in [2.45, 2.75) is 4.90 Å². The summed E-state index contributed by atoms with van der Waals surface area (Å²) < 4.78 is 0. The summed E-state index contributed by atoms with van der Waals surface area (Å²) in [5.41, 5.74) is 1.66. The van der Waals surface area contributed by atoms with Crippen LogP contribution in [-0.2, 0) is 0 Å². The highest BCUT2D eigenvalue weighted by Crippen LogP contribution is 2.36. The number of carboxylic acids is 1. The van der Waals surface area contributed by atoms with E-state index in [-0.39, 0.29) is 5.56 Å². The van der Waals surface area contributed by atoms with Gasteiger partial charge in [0.25, 0.3) is 0 Å². The molecule has 0 bridgehead atoms. The van der Waals surface area contributed by atoms with E-state index in [9.17, 15) is 9.90 Å². The molecule has 7 heteroatoms. The number of pyridine rings is 1. The van der Waals surface area contributed by atoms with Crippen LogP contribution in [0.1, 0.15) is 10.4 Å². The fraction of sp³-hybridized carbons (Fsp3) is 0. The van der Waals surface area contributed by atoms with E-state index in [1.54, 1.807) is 36.5 Å². The molecule has 3 aromatic rings. The van der Waals surface area contributed by atoms with Gasteiger partial charge in [-0.05, 0) is 30.3 Å². The molecule has 23 heavy (non-hydrogen) atoms. The maximum absolute atomic E-state index is 11.4. The molecule has 1 heterocycles. The van der Waals surface area contributed by atoms with Gasteiger partial charge < -0.3 is 10.4 Å². The first-order valence-corrected chi connectivity index (χ1v) is 7.73. The van der Waals surface area contributed by atoms with Gasteiger partial charge in [0.2, 0.25) is 0 Å². The second-order valence-corrected chi connectivity index (χ2v) is 6.10. The number of aromatic nitrogens is 1. The first kappa shape index (κ1) is 15.9. The first-order valence-electron chi connectivity index (χ1n) is 6.53. The summed E-state index contributed by atoms with van der Waals surface area (Å²) >= 11 is 16.6. The molecule has 0 aliphatic carbocycles. The normalized spacial score (nSPS) is 10.7. The van der Waals surface area contributed by atoms with E-state index in [1.165, 1.54) is 6.07 Å². The molecular weight excluding hydrogens is 355 g/mol. The van der Waals surface area contributed by atoms with Gasteiger partial charge in [0.1, 0.15) is 0 Å². The minimum absolute atomic E-state index is 0.0669. The zero-order valence-electron chi connectivity index (χ0n) is 11.5. The van der Waals surface area contributed by atoms with Crippen LogP contribution in [0, 0.1) is 0 Å². The highest BCUT2D eigenvalue weighted by atomic mass is 35.5. The van der Waals surface area contributed by atoms with E-state index in [2.05, 4.69) is 22.9 Å². The summed E-state index contributed by atoms with van der Waals surface area (Å²) in [6, 6.07) is 9.93. The van der Waals surface area contributed by atoms with Crippen molar-refractivity contribution in [2.75, 3.05) is 5.32 Å². The summed E-state index contributed by atoms with van der Waals surface area (Å²) in [7, 11) is 0. The number of carboxylic acid groups (broad SMARTS) is 1. The first-order chi connectivity index (χ1) is 11.0. The summed E-state index contributed by atoms with van der Waals surface area (Å²) in [5.74, 6) is -1.08. The lowest BCUT2D eigenvalue weighted by molar-refractivity contribution is 0.0698. The molecule has 0 aliphatic rings. The molecule has 2 N–H and O–H groups in total. The molecule has 0 aliphatic heterocycles. The van der Waals surface area contributed by atoms with Crippen molar-refractivity contribution in [3.05, 3.63) is 58.2 Å². The Morgan fingerprint density at radius 1 is 1.17 bits per heavy atom. The van der Waals surface area contributed by atoms with Crippen molar-refractivity contribution < 1.29 is 9.90 Å². The summed E-state index contributed by atoms with van der Waals surface area (Å²) in [4.78, 5) is 16.2. The summed E-state index contributed by atoms with van der Waals surface area (Å²) in [6.07, 6.45) is 1.58. The van der Waals surface area contributed by atoms with E-state index in [4.69, 9.17) is 23.2 Å². The zero-order valence-corrected chi connectivity index (χ0v) is 14.0. The van der Waals surface area contributed by atoms with Crippen molar-refractivity contribution in [1.82, 2.24) is 4.98 Å². The van der Waals surface area contributed by atoms with E-state index in [0.717, 1.165) is 5.39 Å². The van der Waals surface area contributed by atoms with Gasteiger partial charge in [-0.1, -0.05) is 29.3 Å². The third-order valence-corrected chi connectivity index (χ3v) is 4.19. The average molecular weight is 365 g/mol. The molecule has 0 spiro atoms. The van der Waals surface area contributed by atoms with E-state index >= 15 is 0 Å². The van der Waals surface area contributed by atoms with E-state index in [0.29, 0.717) is 31.8 Å². The van der Waals surface area contributed by atoms with E-state index < -0.39 is 5.97 Å². The van der Waals surface area contributed by atoms with Crippen LogP contribution in [0.5, 0.6) is 0 Å². The number of benzene rings is 2. The Morgan fingerprint density at radius 2 is 1.96 bits per heavy atom. The van der Waals surface area contributed by atoms with E-state index in [1.807, 2.05) is 0 Å².